The topological polar surface area (TPSA) is 12.0 Å². The van der Waals surface area contributed by atoms with Crippen LogP contribution in [0.2, 0.25) is 0 Å². The van der Waals surface area contributed by atoms with Crippen molar-refractivity contribution >= 4 is 0 Å². The van der Waals surface area contributed by atoms with Crippen LogP contribution in [0.15, 0.2) is 0 Å². The van der Waals surface area contributed by atoms with Crippen molar-refractivity contribution < 1.29 is 13.2 Å². The molecule has 0 fully saturated rings. The summed E-state index contributed by atoms with van der Waals surface area (Å²) >= 11 is 0. The van der Waals surface area contributed by atoms with E-state index in [2.05, 4.69) is 12.2 Å². The number of hydrogen-bond donors (Lipinski definition) is 1. The van der Waals surface area contributed by atoms with Crippen molar-refractivity contribution in [3.8, 4) is 0 Å². The Kier molecular flexibility index (Phi) is 2.97. The summed E-state index contributed by atoms with van der Waals surface area (Å²) in [6.45, 7) is 3.93. The average Bonchev–Trinajstić information content (AvgIpc) is 1.59. The van der Waals surface area contributed by atoms with E-state index >= 15 is 0 Å². The zero-order chi connectivity index (χ0) is 7.49. The molecule has 0 aromatic carbocycles. The maximum Gasteiger partial charge on any atom is 0.401 e. The van der Waals surface area contributed by atoms with E-state index in [0.29, 0.717) is 0 Å². The summed E-state index contributed by atoms with van der Waals surface area (Å²) < 4.78 is 34.0. The molecule has 0 bridgehead atoms. The van der Waals surface area contributed by atoms with E-state index < -0.39 is 12.7 Å². The van der Waals surface area contributed by atoms with Gasteiger partial charge >= 0.3 is 6.18 Å². The highest BCUT2D eigenvalue weighted by atomic mass is 19.4. The zero-order valence-electron chi connectivity index (χ0n) is 5.13. The molecule has 55 valence electrons. The van der Waals surface area contributed by atoms with Crippen LogP contribution in [-0.4, -0.2) is 18.8 Å². The lowest BCUT2D eigenvalue weighted by Crippen LogP contribution is -2.33. The zero-order valence-corrected chi connectivity index (χ0v) is 5.13. The van der Waals surface area contributed by atoms with Crippen LogP contribution < -0.4 is 5.32 Å². The summed E-state index contributed by atoms with van der Waals surface area (Å²) in [5.41, 5.74) is 0. The van der Waals surface area contributed by atoms with E-state index in [1.807, 2.05) is 0 Å². The van der Waals surface area contributed by atoms with Crippen LogP contribution in [0.25, 0.3) is 0 Å². The Morgan fingerprint density at radius 1 is 1.56 bits per heavy atom. The summed E-state index contributed by atoms with van der Waals surface area (Å²) in [6, 6.07) is -0.355. The lowest BCUT2D eigenvalue weighted by molar-refractivity contribution is -0.125. The molecule has 0 aliphatic heterocycles. The Morgan fingerprint density at radius 2 is 2.00 bits per heavy atom. The first-order valence-electron chi connectivity index (χ1n) is 2.55. The summed E-state index contributed by atoms with van der Waals surface area (Å²) in [7, 11) is 0. The van der Waals surface area contributed by atoms with Crippen LogP contribution in [-0.2, 0) is 0 Å². The van der Waals surface area contributed by atoms with Gasteiger partial charge in [-0.1, -0.05) is 0 Å². The van der Waals surface area contributed by atoms with Crippen molar-refractivity contribution in [1.82, 2.24) is 5.32 Å². The third-order valence-corrected chi connectivity index (χ3v) is 0.651. The molecule has 1 nitrogen and oxygen atoms in total. The summed E-state index contributed by atoms with van der Waals surface area (Å²) in [5, 5.41) is 2.15. The van der Waals surface area contributed by atoms with Gasteiger partial charge in [0.05, 0.1) is 6.54 Å². The van der Waals surface area contributed by atoms with Gasteiger partial charge in [0.15, 0.2) is 0 Å². The van der Waals surface area contributed by atoms with Gasteiger partial charge in [0, 0.05) is 6.04 Å². The number of halogens is 3. The second kappa shape index (κ2) is 3.06. The van der Waals surface area contributed by atoms with E-state index in [4.69, 9.17) is 0 Å². The van der Waals surface area contributed by atoms with Crippen LogP contribution in [0.4, 0.5) is 13.2 Å². The third-order valence-electron chi connectivity index (χ3n) is 0.651. The van der Waals surface area contributed by atoms with Crippen LogP contribution in [0.5, 0.6) is 0 Å². The molecular formula is C5H9F3N. The predicted octanol–water partition coefficient (Wildman–Crippen LogP) is 1.36. The van der Waals surface area contributed by atoms with E-state index in [-0.39, 0.29) is 6.04 Å². The first-order chi connectivity index (χ1) is 3.92. The molecule has 0 aliphatic rings. The number of rotatable bonds is 2. The van der Waals surface area contributed by atoms with Gasteiger partial charge in [0.1, 0.15) is 0 Å². The fourth-order valence-electron chi connectivity index (χ4n) is 0.290. The van der Waals surface area contributed by atoms with Crippen LogP contribution in [0.1, 0.15) is 6.92 Å². The molecule has 0 aromatic heterocycles. The van der Waals surface area contributed by atoms with Crippen molar-refractivity contribution in [2.45, 2.75) is 19.1 Å². The van der Waals surface area contributed by atoms with Gasteiger partial charge in [0.2, 0.25) is 0 Å². The van der Waals surface area contributed by atoms with Crippen molar-refractivity contribution in [3.63, 3.8) is 0 Å². The van der Waals surface area contributed by atoms with E-state index in [1.54, 1.807) is 6.92 Å². The minimum Gasteiger partial charge on any atom is -0.306 e. The molecule has 9 heavy (non-hydrogen) atoms. The summed E-state index contributed by atoms with van der Waals surface area (Å²) in [5.74, 6) is 0. The standard InChI is InChI=1S/C5H9F3N/c1-4(2)9-3-5(6,7)8/h4,9H,1,3H2,2H3/t4-/m0/s1. The Balaban J connectivity index is 3.28. The number of nitrogens with one attached hydrogen (secondary N) is 1. The lowest BCUT2D eigenvalue weighted by atomic mass is 10.4. The normalized spacial score (nSPS) is 12.7. The highest BCUT2D eigenvalue weighted by Crippen LogP contribution is 2.12. The van der Waals surface area contributed by atoms with Gasteiger partial charge in [-0.25, -0.2) is 0 Å². The summed E-state index contributed by atoms with van der Waals surface area (Å²) in [6.07, 6.45) is -4.12. The highest BCUT2D eigenvalue weighted by molar-refractivity contribution is 4.64. The minimum absolute atomic E-state index is 0.355. The van der Waals surface area contributed by atoms with E-state index in [0.717, 1.165) is 0 Å². The molecule has 0 saturated carbocycles. The molecule has 0 saturated heterocycles. The van der Waals surface area contributed by atoms with Crippen molar-refractivity contribution in [3.05, 3.63) is 6.92 Å². The molecule has 0 amide bonds. The fourth-order valence-corrected chi connectivity index (χ4v) is 0.290. The first kappa shape index (κ1) is 8.75. The van der Waals surface area contributed by atoms with Crippen molar-refractivity contribution in [1.29, 1.82) is 0 Å². The summed E-state index contributed by atoms with van der Waals surface area (Å²) in [4.78, 5) is 0. The Hall–Kier alpha value is -0.250. The molecular weight excluding hydrogens is 131 g/mol. The van der Waals surface area contributed by atoms with E-state index in [9.17, 15) is 13.2 Å². The van der Waals surface area contributed by atoms with Crippen molar-refractivity contribution in [2.75, 3.05) is 6.54 Å². The Labute approximate surface area is 52.2 Å². The smallest absolute Gasteiger partial charge is 0.306 e. The maximum absolute atomic E-state index is 11.3. The molecule has 0 aromatic rings. The van der Waals surface area contributed by atoms with Gasteiger partial charge in [-0.05, 0) is 13.8 Å². The molecule has 4 heteroatoms. The number of alkyl halides is 3. The molecule has 1 radical (unpaired) electrons. The number of hydrogen-bond acceptors (Lipinski definition) is 1. The third kappa shape index (κ3) is 7.75. The Morgan fingerprint density at radius 3 is 2.11 bits per heavy atom. The predicted molar refractivity (Wildman–Crippen MR) is 28.9 cm³/mol. The molecule has 0 rings (SSSR count). The second-order valence-corrected chi connectivity index (χ2v) is 1.90. The van der Waals surface area contributed by atoms with Gasteiger partial charge in [-0.15, -0.1) is 0 Å². The largest absolute Gasteiger partial charge is 0.401 e. The monoisotopic (exact) mass is 140 g/mol. The van der Waals surface area contributed by atoms with Crippen LogP contribution in [0.3, 0.4) is 0 Å². The highest BCUT2D eigenvalue weighted by Gasteiger charge is 2.26. The molecule has 1 N–H and O–H groups in total. The second-order valence-electron chi connectivity index (χ2n) is 1.90. The van der Waals surface area contributed by atoms with Gasteiger partial charge in [-0.3, -0.25) is 0 Å². The maximum atomic E-state index is 11.3. The molecule has 0 aliphatic carbocycles. The van der Waals surface area contributed by atoms with Gasteiger partial charge < -0.3 is 5.32 Å². The SMILES string of the molecule is [CH2][C@@H](C)NCC(F)(F)F. The average molecular weight is 140 g/mol. The minimum atomic E-state index is -4.12. The Bertz CT molecular complexity index is 76.8. The first-order valence-corrected chi connectivity index (χ1v) is 2.55. The van der Waals surface area contributed by atoms with Crippen LogP contribution in [0, 0.1) is 6.92 Å². The van der Waals surface area contributed by atoms with Gasteiger partial charge in [-0.2, -0.15) is 13.2 Å². The fraction of sp³-hybridized carbons (Fsp3) is 0.800. The molecule has 0 heterocycles. The van der Waals surface area contributed by atoms with Crippen molar-refractivity contribution in [2.24, 2.45) is 0 Å². The van der Waals surface area contributed by atoms with Gasteiger partial charge in [0.25, 0.3) is 0 Å². The quantitative estimate of drug-likeness (QED) is 0.610. The molecule has 0 unspecified atom stereocenters. The molecule has 0 spiro atoms. The molecule has 1 atom stereocenters. The van der Waals surface area contributed by atoms with E-state index in [1.165, 1.54) is 0 Å². The van der Waals surface area contributed by atoms with Crippen LogP contribution >= 0.6 is 0 Å². The lowest BCUT2D eigenvalue weighted by Gasteiger charge is -2.09.